The zero-order valence-corrected chi connectivity index (χ0v) is 9.59. The van der Waals surface area contributed by atoms with Gasteiger partial charge in [-0.1, -0.05) is 6.07 Å². The fourth-order valence-electron chi connectivity index (χ4n) is 1.88. The van der Waals surface area contributed by atoms with Gasteiger partial charge < -0.3 is 9.84 Å². The lowest BCUT2D eigenvalue weighted by molar-refractivity contribution is 0.193. The van der Waals surface area contributed by atoms with E-state index < -0.39 is 0 Å². The Balaban J connectivity index is 2.29. The van der Waals surface area contributed by atoms with E-state index in [0.717, 1.165) is 35.9 Å². The first-order valence-electron chi connectivity index (χ1n) is 5.07. The first-order valence-corrected chi connectivity index (χ1v) is 6.30. The topological polar surface area (TPSA) is 42.4 Å². The quantitative estimate of drug-likeness (QED) is 0.797. The Morgan fingerprint density at radius 2 is 2.47 bits per heavy atom. The molecule has 15 heavy (non-hydrogen) atoms. The van der Waals surface area contributed by atoms with Crippen molar-refractivity contribution in [3.05, 3.63) is 23.4 Å². The molecule has 0 radical (unpaired) electrons. The fourth-order valence-corrected chi connectivity index (χ4v) is 2.29. The zero-order chi connectivity index (χ0) is 10.7. The fraction of sp³-hybridized carbons (Fsp3) is 0.545. The van der Waals surface area contributed by atoms with Crippen molar-refractivity contribution < 1.29 is 9.84 Å². The normalized spacial score (nSPS) is 20.8. The molecule has 1 aromatic heterocycles. The summed E-state index contributed by atoms with van der Waals surface area (Å²) < 4.78 is 5.35. The van der Waals surface area contributed by atoms with Gasteiger partial charge in [0.05, 0.1) is 23.9 Å². The van der Waals surface area contributed by atoms with Crippen molar-refractivity contribution in [1.82, 2.24) is 4.98 Å². The Kier molecular flexibility index (Phi) is 3.61. The molecule has 0 bridgehead atoms. The molecule has 3 nitrogen and oxygen atoms in total. The molecule has 0 saturated carbocycles. The number of aliphatic hydroxyl groups is 1. The second-order valence-electron chi connectivity index (χ2n) is 3.61. The van der Waals surface area contributed by atoms with Crippen molar-refractivity contribution in [3.63, 3.8) is 0 Å². The molecule has 1 aromatic rings. The van der Waals surface area contributed by atoms with Crippen molar-refractivity contribution in [2.24, 2.45) is 0 Å². The molecule has 0 amide bonds. The minimum Gasteiger partial charge on any atom is -0.390 e. The zero-order valence-electron chi connectivity index (χ0n) is 8.77. The first-order chi connectivity index (χ1) is 7.35. The van der Waals surface area contributed by atoms with Crippen LogP contribution in [0.3, 0.4) is 0 Å². The molecular formula is C11H15NO2S. The van der Waals surface area contributed by atoms with Crippen molar-refractivity contribution in [3.8, 4) is 0 Å². The van der Waals surface area contributed by atoms with E-state index in [1.54, 1.807) is 11.8 Å². The van der Waals surface area contributed by atoms with Gasteiger partial charge in [0.1, 0.15) is 0 Å². The summed E-state index contributed by atoms with van der Waals surface area (Å²) in [5.41, 5.74) is 1.95. The second-order valence-corrected chi connectivity index (χ2v) is 4.43. The van der Waals surface area contributed by atoms with Crippen LogP contribution in [-0.4, -0.2) is 29.6 Å². The summed E-state index contributed by atoms with van der Waals surface area (Å²) in [6, 6.07) is 4.08. The lowest BCUT2D eigenvalue weighted by Gasteiger charge is -2.12. The van der Waals surface area contributed by atoms with E-state index >= 15 is 0 Å². The largest absolute Gasteiger partial charge is 0.390 e. The van der Waals surface area contributed by atoms with Crippen molar-refractivity contribution in [2.75, 3.05) is 19.5 Å². The highest BCUT2D eigenvalue weighted by Gasteiger charge is 2.21. The van der Waals surface area contributed by atoms with Gasteiger partial charge in [-0.3, -0.25) is 0 Å². The number of thioether (sulfide) groups is 1. The van der Waals surface area contributed by atoms with Crippen LogP contribution in [0, 0.1) is 0 Å². The maximum Gasteiger partial charge on any atom is 0.0961 e. The van der Waals surface area contributed by atoms with Crippen molar-refractivity contribution in [1.29, 1.82) is 0 Å². The van der Waals surface area contributed by atoms with Gasteiger partial charge in [-0.2, -0.15) is 0 Å². The third kappa shape index (κ3) is 2.33. The van der Waals surface area contributed by atoms with Gasteiger partial charge in [0.2, 0.25) is 0 Å². The predicted octanol–water partition coefficient (Wildman–Crippen LogP) is 1.80. The lowest BCUT2D eigenvalue weighted by atomic mass is 9.97. The Morgan fingerprint density at radius 1 is 1.60 bits per heavy atom. The molecule has 4 heteroatoms. The van der Waals surface area contributed by atoms with E-state index in [9.17, 15) is 5.11 Å². The molecule has 0 aliphatic carbocycles. The average Bonchev–Trinajstić information content (AvgIpc) is 2.81. The summed E-state index contributed by atoms with van der Waals surface area (Å²) in [6.45, 7) is 1.59. The van der Waals surface area contributed by atoms with E-state index in [1.807, 2.05) is 12.3 Å². The molecule has 2 rings (SSSR count). The molecule has 0 spiro atoms. The lowest BCUT2D eigenvalue weighted by Crippen LogP contribution is -2.05. The Bertz CT molecular complexity index is 337. The van der Waals surface area contributed by atoms with E-state index in [2.05, 4.69) is 11.1 Å². The van der Waals surface area contributed by atoms with Gasteiger partial charge in [0.25, 0.3) is 0 Å². The highest BCUT2D eigenvalue weighted by molar-refractivity contribution is 7.98. The monoisotopic (exact) mass is 225 g/mol. The number of hydrogen-bond acceptors (Lipinski definition) is 4. The number of aromatic nitrogens is 1. The maximum atomic E-state index is 9.29. The molecule has 0 aromatic carbocycles. The van der Waals surface area contributed by atoms with Gasteiger partial charge in [0, 0.05) is 12.5 Å². The molecule has 1 saturated heterocycles. The summed E-state index contributed by atoms with van der Waals surface area (Å²) in [6.07, 6.45) is 3.02. The highest BCUT2D eigenvalue weighted by Crippen LogP contribution is 2.28. The highest BCUT2D eigenvalue weighted by atomic mass is 32.2. The van der Waals surface area contributed by atoms with Crippen LogP contribution in [0.4, 0.5) is 0 Å². The van der Waals surface area contributed by atoms with Crippen molar-refractivity contribution in [2.45, 2.75) is 24.0 Å². The summed E-state index contributed by atoms with van der Waals surface area (Å²) in [5.74, 6) is 0.413. The first kappa shape index (κ1) is 10.9. The maximum absolute atomic E-state index is 9.29. The van der Waals surface area contributed by atoms with Crippen LogP contribution in [0.1, 0.15) is 23.6 Å². The minimum absolute atomic E-state index is 0.0141. The number of ether oxygens (including phenoxy) is 1. The van der Waals surface area contributed by atoms with Gasteiger partial charge in [-0.25, -0.2) is 4.98 Å². The molecule has 1 aliphatic heterocycles. The Morgan fingerprint density at radius 3 is 3.07 bits per heavy atom. The third-order valence-electron chi connectivity index (χ3n) is 2.71. The smallest absolute Gasteiger partial charge is 0.0961 e. The van der Waals surface area contributed by atoms with Crippen LogP contribution < -0.4 is 0 Å². The molecule has 0 unspecified atom stereocenters. The van der Waals surface area contributed by atoms with Gasteiger partial charge >= 0.3 is 0 Å². The van der Waals surface area contributed by atoms with Crippen LogP contribution in [0.25, 0.3) is 0 Å². The number of pyridine rings is 1. The van der Waals surface area contributed by atoms with Gasteiger partial charge in [-0.05, 0) is 24.3 Å². The average molecular weight is 225 g/mol. The van der Waals surface area contributed by atoms with E-state index in [4.69, 9.17) is 4.74 Å². The van der Waals surface area contributed by atoms with Crippen LogP contribution in [0.15, 0.2) is 17.2 Å². The Labute approximate surface area is 93.9 Å². The molecule has 1 aliphatic rings. The number of hydrogen-bond donors (Lipinski definition) is 1. The number of rotatable bonds is 3. The second kappa shape index (κ2) is 4.96. The predicted molar refractivity (Wildman–Crippen MR) is 60.1 cm³/mol. The Hall–Kier alpha value is -0.580. The standard InChI is InChI=1S/C11H15NO2S/c1-15-11-3-2-9(10(6-13)12-11)8-4-5-14-7-8/h2-3,8,13H,4-7H2,1H3/t8-/m0/s1. The van der Waals surface area contributed by atoms with Crippen LogP contribution in [0.5, 0.6) is 0 Å². The summed E-state index contributed by atoms with van der Waals surface area (Å²) >= 11 is 1.60. The summed E-state index contributed by atoms with van der Waals surface area (Å²) in [7, 11) is 0. The van der Waals surface area contributed by atoms with Crippen molar-refractivity contribution >= 4 is 11.8 Å². The summed E-state index contributed by atoms with van der Waals surface area (Å²) in [4.78, 5) is 4.41. The van der Waals surface area contributed by atoms with E-state index in [-0.39, 0.29) is 6.61 Å². The summed E-state index contributed by atoms with van der Waals surface area (Å²) in [5, 5.41) is 10.2. The molecule has 1 fully saturated rings. The minimum atomic E-state index is 0.0141. The SMILES string of the molecule is CSc1ccc([C@H]2CCOC2)c(CO)n1. The van der Waals surface area contributed by atoms with E-state index in [0.29, 0.717) is 5.92 Å². The van der Waals surface area contributed by atoms with Crippen LogP contribution in [0.2, 0.25) is 0 Å². The number of nitrogens with zero attached hydrogens (tertiary/aromatic N) is 1. The number of aliphatic hydroxyl groups excluding tert-OH is 1. The van der Waals surface area contributed by atoms with Crippen LogP contribution >= 0.6 is 11.8 Å². The van der Waals surface area contributed by atoms with Gasteiger partial charge in [-0.15, -0.1) is 11.8 Å². The molecule has 1 N–H and O–H groups in total. The molecule has 1 atom stereocenters. The molecular weight excluding hydrogens is 210 g/mol. The van der Waals surface area contributed by atoms with Crippen LogP contribution in [-0.2, 0) is 11.3 Å². The van der Waals surface area contributed by atoms with Gasteiger partial charge in [0.15, 0.2) is 0 Å². The molecule has 2 heterocycles. The van der Waals surface area contributed by atoms with E-state index in [1.165, 1.54) is 0 Å². The third-order valence-corrected chi connectivity index (χ3v) is 3.36. The molecule has 82 valence electrons.